The molecule has 27 heavy (non-hydrogen) atoms. The first-order valence-corrected chi connectivity index (χ1v) is 9.83. The van der Waals surface area contributed by atoms with Crippen LogP contribution < -0.4 is 21.2 Å². The monoisotopic (exact) mass is 405 g/mol. The normalized spacial score (nSPS) is 10.6. The van der Waals surface area contributed by atoms with Crippen molar-refractivity contribution in [1.82, 2.24) is 19.9 Å². The van der Waals surface area contributed by atoms with Crippen molar-refractivity contribution in [3.8, 4) is 5.75 Å². The van der Waals surface area contributed by atoms with E-state index in [9.17, 15) is 4.79 Å². The molecule has 3 rings (SSSR count). The molecule has 142 valence electrons. The summed E-state index contributed by atoms with van der Waals surface area (Å²) in [4.78, 5) is 16.2. The standard InChI is InChI=1S/C16H19N7O2S2/c1-10-8-26-15(19-10)20-14(24)9-27-16-22-21-13(23(16)17)7-18-11-3-5-12(25-2)6-4-11/h3-6,8,18H,7,9,17H2,1-2H3,(H,19,20,24). The zero-order valence-electron chi connectivity index (χ0n) is 14.8. The number of thioether (sulfide) groups is 1. The number of benzene rings is 1. The molecule has 0 atom stereocenters. The minimum Gasteiger partial charge on any atom is -0.497 e. The molecule has 0 bridgehead atoms. The Labute approximate surface area is 164 Å². The van der Waals surface area contributed by atoms with Crippen LogP contribution >= 0.6 is 23.1 Å². The number of nitrogens with one attached hydrogen (secondary N) is 2. The van der Waals surface area contributed by atoms with E-state index in [2.05, 4.69) is 25.8 Å². The summed E-state index contributed by atoms with van der Waals surface area (Å²) in [6.45, 7) is 2.28. The number of ether oxygens (including phenoxy) is 1. The molecule has 0 aliphatic carbocycles. The van der Waals surface area contributed by atoms with Crippen molar-refractivity contribution in [3.63, 3.8) is 0 Å². The predicted molar refractivity (Wildman–Crippen MR) is 107 cm³/mol. The second-order valence-corrected chi connectivity index (χ2v) is 7.28. The first-order chi connectivity index (χ1) is 13.0. The number of methoxy groups -OCH3 is 1. The number of nitrogens with zero attached hydrogens (tertiary/aromatic N) is 4. The van der Waals surface area contributed by atoms with Gasteiger partial charge in [-0.25, -0.2) is 9.66 Å². The third kappa shape index (κ3) is 5.11. The summed E-state index contributed by atoms with van der Waals surface area (Å²) in [5, 5.41) is 17.0. The molecule has 0 fully saturated rings. The van der Waals surface area contributed by atoms with Gasteiger partial charge in [-0.1, -0.05) is 11.8 Å². The lowest BCUT2D eigenvalue weighted by Crippen LogP contribution is -2.18. The smallest absolute Gasteiger partial charge is 0.236 e. The number of carbonyl (C=O) groups excluding carboxylic acids is 1. The molecule has 11 heteroatoms. The number of aryl methyl sites for hydroxylation is 1. The number of thiazole rings is 1. The van der Waals surface area contributed by atoms with Crippen LogP contribution in [0.25, 0.3) is 0 Å². The molecular formula is C16H19N7O2S2. The van der Waals surface area contributed by atoms with E-state index in [0.717, 1.165) is 17.1 Å². The number of aromatic nitrogens is 4. The highest BCUT2D eigenvalue weighted by atomic mass is 32.2. The van der Waals surface area contributed by atoms with Gasteiger partial charge in [0.15, 0.2) is 11.0 Å². The lowest BCUT2D eigenvalue weighted by atomic mass is 10.3. The minimum atomic E-state index is -0.171. The van der Waals surface area contributed by atoms with Crippen molar-refractivity contribution in [2.24, 2.45) is 0 Å². The lowest BCUT2D eigenvalue weighted by molar-refractivity contribution is -0.113. The van der Waals surface area contributed by atoms with Crippen molar-refractivity contribution in [3.05, 3.63) is 41.2 Å². The Morgan fingerprint density at radius 3 is 2.78 bits per heavy atom. The van der Waals surface area contributed by atoms with Gasteiger partial charge in [-0.3, -0.25) is 4.79 Å². The van der Waals surface area contributed by atoms with E-state index in [-0.39, 0.29) is 11.7 Å². The van der Waals surface area contributed by atoms with Crippen molar-refractivity contribution in [2.75, 3.05) is 29.3 Å². The number of rotatable bonds is 8. The number of amides is 1. The molecule has 0 radical (unpaired) electrons. The summed E-state index contributed by atoms with van der Waals surface area (Å²) in [6.07, 6.45) is 0. The van der Waals surface area contributed by atoms with E-state index >= 15 is 0 Å². The maximum Gasteiger partial charge on any atom is 0.236 e. The van der Waals surface area contributed by atoms with Gasteiger partial charge >= 0.3 is 0 Å². The topological polar surface area (TPSA) is 120 Å². The van der Waals surface area contributed by atoms with Gasteiger partial charge in [0.1, 0.15) is 5.75 Å². The molecule has 1 amide bonds. The van der Waals surface area contributed by atoms with Gasteiger partial charge in [0, 0.05) is 11.1 Å². The van der Waals surface area contributed by atoms with E-state index in [1.165, 1.54) is 27.8 Å². The Kier molecular flexibility index (Phi) is 6.14. The molecule has 9 nitrogen and oxygen atoms in total. The van der Waals surface area contributed by atoms with Crippen LogP contribution in [0.3, 0.4) is 0 Å². The van der Waals surface area contributed by atoms with Crippen molar-refractivity contribution in [1.29, 1.82) is 0 Å². The summed E-state index contributed by atoms with van der Waals surface area (Å²) in [5.74, 6) is 7.36. The van der Waals surface area contributed by atoms with E-state index in [1.807, 2.05) is 36.6 Å². The SMILES string of the molecule is COc1ccc(NCc2nnc(SCC(=O)Nc3nc(C)cs3)n2N)cc1. The Hall–Kier alpha value is -2.79. The molecule has 2 aromatic heterocycles. The van der Waals surface area contributed by atoms with Gasteiger partial charge in [-0.15, -0.1) is 21.5 Å². The molecular weight excluding hydrogens is 386 g/mol. The van der Waals surface area contributed by atoms with Gasteiger partial charge in [0.05, 0.1) is 25.1 Å². The average Bonchev–Trinajstić information content (AvgIpc) is 3.24. The fourth-order valence-corrected chi connectivity index (χ4v) is 3.49. The van der Waals surface area contributed by atoms with Crippen LogP contribution in [0.1, 0.15) is 11.5 Å². The lowest BCUT2D eigenvalue weighted by Gasteiger charge is -2.07. The molecule has 1 aromatic carbocycles. The van der Waals surface area contributed by atoms with Crippen LogP contribution in [0, 0.1) is 6.92 Å². The number of nitrogens with two attached hydrogens (primary N) is 1. The summed E-state index contributed by atoms with van der Waals surface area (Å²) >= 11 is 2.60. The predicted octanol–water partition coefficient (Wildman–Crippen LogP) is 2.11. The molecule has 0 aliphatic rings. The first kappa shape index (κ1) is 19.0. The molecule has 4 N–H and O–H groups in total. The number of anilines is 2. The van der Waals surface area contributed by atoms with Gasteiger partial charge < -0.3 is 21.2 Å². The van der Waals surface area contributed by atoms with Crippen LogP contribution in [0.5, 0.6) is 5.75 Å². The number of hydrogen-bond acceptors (Lipinski definition) is 9. The highest BCUT2D eigenvalue weighted by Crippen LogP contribution is 2.19. The van der Waals surface area contributed by atoms with Crippen molar-refractivity contribution in [2.45, 2.75) is 18.6 Å². The van der Waals surface area contributed by atoms with Gasteiger partial charge in [0.2, 0.25) is 11.1 Å². The van der Waals surface area contributed by atoms with Crippen LogP contribution in [0.15, 0.2) is 34.8 Å². The fraction of sp³-hybridized carbons (Fsp3) is 0.250. The quantitative estimate of drug-likeness (QED) is 0.385. The molecule has 2 heterocycles. The third-order valence-corrected chi connectivity index (χ3v) is 5.29. The Bertz CT molecular complexity index is 908. The Morgan fingerprint density at radius 2 is 2.11 bits per heavy atom. The third-order valence-electron chi connectivity index (χ3n) is 3.47. The largest absolute Gasteiger partial charge is 0.497 e. The second kappa shape index (κ2) is 8.73. The van der Waals surface area contributed by atoms with Gasteiger partial charge in [-0.05, 0) is 31.2 Å². The second-order valence-electron chi connectivity index (χ2n) is 5.48. The highest BCUT2D eigenvalue weighted by molar-refractivity contribution is 7.99. The maximum absolute atomic E-state index is 12.0. The maximum atomic E-state index is 12.0. The molecule has 3 aromatic rings. The molecule has 0 saturated heterocycles. The van der Waals surface area contributed by atoms with Crippen LogP contribution in [-0.4, -0.2) is 38.6 Å². The summed E-state index contributed by atoms with van der Waals surface area (Å²) in [6, 6.07) is 7.52. The van der Waals surface area contributed by atoms with Crippen molar-refractivity contribution >= 4 is 39.8 Å². The number of carbonyl (C=O) groups is 1. The van der Waals surface area contributed by atoms with Crippen LogP contribution in [-0.2, 0) is 11.3 Å². The van der Waals surface area contributed by atoms with Crippen LogP contribution in [0.2, 0.25) is 0 Å². The van der Waals surface area contributed by atoms with Gasteiger partial charge in [0.25, 0.3) is 0 Å². The Morgan fingerprint density at radius 1 is 1.33 bits per heavy atom. The molecule has 0 saturated carbocycles. The van der Waals surface area contributed by atoms with E-state index in [1.54, 1.807) is 7.11 Å². The summed E-state index contributed by atoms with van der Waals surface area (Å²) in [5.41, 5.74) is 1.78. The number of nitrogen functional groups attached to an aromatic ring is 1. The first-order valence-electron chi connectivity index (χ1n) is 7.97. The van der Waals surface area contributed by atoms with E-state index in [4.69, 9.17) is 10.6 Å². The zero-order valence-corrected chi connectivity index (χ0v) is 16.4. The van der Waals surface area contributed by atoms with E-state index in [0.29, 0.717) is 22.7 Å². The van der Waals surface area contributed by atoms with Crippen molar-refractivity contribution < 1.29 is 9.53 Å². The molecule has 0 spiro atoms. The fourth-order valence-electron chi connectivity index (χ4n) is 2.11. The zero-order chi connectivity index (χ0) is 19.2. The molecule has 0 unspecified atom stereocenters. The minimum absolute atomic E-state index is 0.167. The summed E-state index contributed by atoms with van der Waals surface area (Å²) in [7, 11) is 1.62. The van der Waals surface area contributed by atoms with Crippen LogP contribution in [0.4, 0.5) is 10.8 Å². The average molecular weight is 406 g/mol. The van der Waals surface area contributed by atoms with Gasteiger partial charge in [-0.2, -0.15) is 0 Å². The highest BCUT2D eigenvalue weighted by Gasteiger charge is 2.13. The van der Waals surface area contributed by atoms with E-state index < -0.39 is 0 Å². The summed E-state index contributed by atoms with van der Waals surface area (Å²) < 4.78 is 6.50. The number of hydrogen-bond donors (Lipinski definition) is 3. The molecule has 0 aliphatic heterocycles. The Balaban J connectivity index is 1.51.